The molecule has 8 nitrogen and oxygen atoms in total. The Balaban J connectivity index is 2.64. The van der Waals surface area contributed by atoms with Crippen LogP contribution in [0.25, 0.3) is 5.82 Å². The number of carboxylic acids is 1. The van der Waals surface area contributed by atoms with Crippen molar-refractivity contribution in [1.29, 1.82) is 0 Å². The van der Waals surface area contributed by atoms with Gasteiger partial charge in [0.1, 0.15) is 5.56 Å². The molecule has 0 aliphatic carbocycles. The quantitative estimate of drug-likeness (QED) is 0.675. The fourth-order valence-corrected chi connectivity index (χ4v) is 1.99. The van der Waals surface area contributed by atoms with Gasteiger partial charge in [0.25, 0.3) is 5.69 Å². The van der Waals surface area contributed by atoms with Crippen LogP contribution in [-0.4, -0.2) is 30.8 Å². The Labute approximate surface area is 113 Å². The average Bonchev–Trinajstić information content (AvgIpc) is 2.65. The first kappa shape index (κ1) is 13.7. The Bertz CT molecular complexity index is 720. The number of nitrogens with zero attached hydrogens (tertiary/aromatic N) is 4. The van der Waals surface area contributed by atoms with Crippen LogP contribution < -0.4 is 0 Å². The lowest BCUT2D eigenvalue weighted by atomic mass is 10.2. The molecule has 0 aliphatic heterocycles. The second kappa shape index (κ2) is 4.72. The van der Waals surface area contributed by atoms with Crippen LogP contribution in [0.5, 0.6) is 0 Å². The van der Waals surface area contributed by atoms with E-state index in [0.29, 0.717) is 17.0 Å². The van der Waals surface area contributed by atoms with E-state index in [2.05, 4.69) is 10.1 Å². The summed E-state index contributed by atoms with van der Waals surface area (Å²) in [5, 5.41) is 24.1. The monoisotopic (exact) mass is 276 g/mol. The minimum absolute atomic E-state index is 0.0787. The Hall–Kier alpha value is -2.77. The fourth-order valence-electron chi connectivity index (χ4n) is 1.99. The second-order valence-electron chi connectivity index (χ2n) is 4.35. The van der Waals surface area contributed by atoms with E-state index in [1.54, 1.807) is 20.8 Å². The van der Waals surface area contributed by atoms with Gasteiger partial charge in [-0.3, -0.25) is 10.1 Å². The largest absolute Gasteiger partial charge is 0.478 e. The van der Waals surface area contributed by atoms with Crippen LogP contribution in [0, 0.1) is 30.9 Å². The number of nitro groups is 1. The molecule has 2 aromatic heterocycles. The number of aromatic nitrogens is 3. The normalized spacial score (nSPS) is 10.6. The Morgan fingerprint density at radius 3 is 2.55 bits per heavy atom. The topological polar surface area (TPSA) is 111 Å². The zero-order valence-electron chi connectivity index (χ0n) is 11.1. The third kappa shape index (κ3) is 2.11. The molecule has 0 aliphatic rings. The maximum atomic E-state index is 11.1. The molecular weight excluding hydrogens is 264 g/mol. The van der Waals surface area contributed by atoms with Crippen LogP contribution in [0.4, 0.5) is 5.69 Å². The standard InChI is InChI=1S/C12H12N4O4/c1-6-5-13-10(4-9(6)16(19)20)15-8(3)11(12(17)18)7(2)14-15/h4-5H,1-3H3,(H,17,18). The molecule has 0 amide bonds. The van der Waals surface area contributed by atoms with E-state index in [-0.39, 0.29) is 17.1 Å². The van der Waals surface area contributed by atoms with Gasteiger partial charge in [-0.25, -0.2) is 14.5 Å². The second-order valence-corrected chi connectivity index (χ2v) is 4.35. The summed E-state index contributed by atoms with van der Waals surface area (Å²) in [5.41, 5.74) is 1.13. The van der Waals surface area contributed by atoms with E-state index in [1.165, 1.54) is 16.9 Å². The molecular formula is C12H12N4O4. The first-order chi connectivity index (χ1) is 9.32. The van der Waals surface area contributed by atoms with E-state index in [4.69, 9.17) is 5.11 Å². The summed E-state index contributed by atoms with van der Waals surface area (Å²) in [7, 11) is 0. The molecule has 20 heavy (non-hydrogen) atoms. The summed E-state index contributed by atoms with van der Waals surface area (Å²) in [6.07, 6.45) is 1.37. The minimum atomic E-state index is -1.09. The van der Waals surface area contributed by atoms with Crippen LogP contribution >= 0.6 is 0 Å². The van der Waals surface area contributed by atoms with Crippen LogP contribution in [0.2, 0.25) is 0 Å². The number of rotatable bonds is 3. The highest BCUT2D eigenvalue weighted by Gasteiger charge is 2.21. The molecule has 0 aromatic carbocycles. The van der Waals surface area contributed by atoms with E-state index >= 15 is 0 Å². The molecule has 0 unspecified atom stereocenters. The predicted molar refractivity (Wildman–Crippen MR) is 69.2 cm³/mol. The molecule has 0 radical (unpaired) electrons. The van der Waals surface area contributed by atoms with Gasteiger partial charge < -0.3 is 5.11 Å². The maximum Gasteiger partial charge on any atom is 0.339 e. The van der Waals surface area contributed by atoms with Gasteiger partial charge in [0.05, 0.1) is 22.4 Å². The van der Waals surface area contributed by atoms with Gasteiger partial charge in [-0.15, -0.1) is 0 Å². The van der Waals surface area contributed by atoms with Crippen molar-refractivity contribution in [2.45, 2.75) is 20.8 Å². The van der Waals surface area contributed by atoms with Gasteiger partial charge in [0.15, 0.2) is 5.82 Å². The van der Waals surface area contributed by atoms with Gasteiger partial charge in [0.2, 0.25) is 0 Å². The van der Waals surface area contributed by atoms with E-state index in [9.17, 15) is 14.9 Å². The molecule has 0 bridgehead atoms. The van der Waals surface area contributed by atoms with Crippen molar-refractivity contribution in [3.8, 4) is 5.82 Å². The summed E-state index contributed by atoms with van der Waals surface area (Å²) in [6, 6.07) is 1.28. The molecule has 0 fully saturated rings. The molecule has 0 spiro atoms. The molecule has 2 aromatic rings. The van der Waals surface area contributed by atoms with Crippen molar-refractivity contribution in [3.05, 3.63) is 44.9 Å². The fraction of sp³-hybridized carbons (Fsp3) is 0.250. The number of carboxylic acid groups (broad SMARTS) is 1. The van der Waals surface area contributed by atoms with Crippen molar-refractivity contribution in [2.75, 3.05) is 0 Å². The summed E-state index contributed by atoms with van der Waals surface area (Å²) < 4.78 is 1.30. The molecule has 0 saturated carbocycles. The Kier molecular flexibility index (Phi) is 3.23. The Morgan fingerprint density at radius 1 is 1.40 bits per heavy atom. The number of pyridine rings is 1. The molecule has 8 heteroatoms. The van der Waals surface area contributed by atoms with Crippen molar-refractivity contribution in [2.24, 2.45) is 0 Å². The molecule has 0 atom stereocenters. The molecule has 2 heterocycles. The summed E-state index contributed by atoms with van der Waals surface area (Å²) in [6.45, 7) is 4.73. The van der Waals surface area contributed by atoms with Crippen molar-refractivity contribution in [1.82, 2.24) is 14.8 Å². The van der Waals surface area contributed by atoms with Crippen LogP contribution in [0.3, 0.4) is 0 Å². The van der Waals surface area contributed by atoms with Crippen LogP contribution in [0.15, 0.2) is 12.3 Å². The predicted octanol–water partition coefficient (Wildman–Crippen LogP) is 1.80. The first-order valence-electron chi connectivity index (χ1n) is 5.74. The van der Waals surface area contributed by atoms with Gasteiger partial charge >= 0.3 is 5.97 Å². The van der Waals surface area contributed by atoms with Crippen molar-refractivity contribution < 1.29 is 14.8 Å². The first-order valence-corrected chi connectivity index (χ1v) is 5.74. The summed E-state index contributed by atoms with van der Waals surface area (Å²) in [5.74, 6) is -0.872. The maximum absolute atomic E-state index is 11.1. The average molecular weight is 276 g/mol. The Morgan fingerprint density at radius 2 is 2.05 bits per heavy atom. The third-order valence-corrected chi connectivity index (χ3v) is 2.98. The van der Waals surface area contributed by atoms with Crippen molar-refractivity contribution in [3.63, 3.8) is 0 Å². The van der Waals surface area contributed by atoms with Gasteiger partial charge in [-0.1, -0.05) is 0 Å². The van der Waals surface area contributed by atoms with Crippen molar-refractivity contribution >= 4 is 11.7 Å². The van der Waals surface area contributed by atoms with E-state index < -0.39 is 10.9 Å². The SMILES string of the molecule is Cc1cnc(-n2nc(C)c(C(=O)O)c2C)cc1[N+](=O)[O-]. The van der Waals surface area contributed by atoms with Crippen LogP contribution in [-0.2, 0) is 0 Å². The molecule has 0 saturated heterocycles. The third-order valence-electron chi connectivity index (χ3n) is 2.98. The minimum Gasteiger partial charge on any atom is -0.478 e. The van der Waals surface area contributed by atoms with Gasteiger partial charge in [-0.2, -0.15) is 5.10 Å². The molecule has 2 rings (SSSR count). The van der Waals surface area contributed by atoms with Gasteiger partial charge in [-0.05, 0) is 20.8 Å². The highest BCUT2D eigenvalue weighted by Crippen LogP contribution is 2.22. The number of aromatic carboxylic acids is 1. The zero-order valence-corrected chi connectivity index (χ0v) is 11.1. The number of aryl methyl sites for hydroxylation is 2. The number of hydrogen-bond donors (Lipinski definition) is 1. The summed E-state index contributed by atoms with van der Waals surface area (Å²) >= 11 is 0. The zero-order chi connectivity index (χ0) is 15.0. The van der Waals surface area contributed by atoms with E-state index in [0.717, 1.165) is 0 Å². The lowest BCUT2D eigenvalue weighted by molar-refractivity contribution is -0.385. The van der Waals surface area contributed by atoms with E-state index in [1.807, 2.05) is 0 Å². The lowest BCUT2D eigenvalue weighted by Gasteiger charge is -2.04. The summed E-state index contributed by atoms with van der Waals surface area (Å²) in [4.78, 5) is 25.6. The number of carbonyl (C=O) groups is 1. The van der Waals surface area contributed by atoms with Crippen LogP contribution in [0.1, 0.15) is 27.3 Å². The highest BCUT2D eigenvalue weighted by atomic mass is 16.6. The molecule has 104 valence electrons. The lowest BCUT2D eigenvalue weighted by Crippen LogP contribution is -2.05. The molecule has 1 N–H and O–H groups in total. The van der Waals surface area contributed by atoms with Gasteiger partial charge in [0, 0.05) is 11.8 Å². The number of hydrogen-bond acceptors (Lipinski definition) is 5. The highest BCUT2D eigenvalue weighted by molar-refractivity contribution is 5.90. The smallest absolute Gasteiger partial charge is 0.339 e.